The number of hydrogen-bond donors (Lipinski definition) is 1. The van der Waals surface area contributed by atoms with E-state index in [9.17, 15) is 14.0 Å². The van der Waals surface area contributed by atoms with Crippen LogP contribution >= 0.6 is 0 Å². The summed E-state index contributed by atoms with van der Waals surface area (Å²) in [5, 5.41) is 7.39. The minimum absolute atomic E-state index is 0.0315. The van der Waals surface area contributed by atoms with Crippen LogP contribution in [0.1, 0.15) is 36.0 Å². The predicted molar refractivity (Wildman–Crippen MR) is 97.5 cm³/mol. The van der Waals surface area contributed by atoms with Crippen LogP contribution in [0.15, 0.2) is 42.7 Å². The zero-order valence-corrected chi connectivity index (χ0v) is 15.1. The summed E-state index contributed by atoms with van der Waals surface area (Å²) in [6.45, 7) is 1.55. The van der Waals surface area contributed by atoms with Gasteiger partial charge in [0.15, 0.2) is 0 Å². The zero-order valence-electron chi connectivity index (χ0n) is 15.1. The number of nitrogens with zero attached hydrogens (tertiary/aromatic N) is 3. The SMILES string of the molecule is O=C(c1cccc(F)c1)N1CCC(C(=O)NCC2CC2)(n2cccn2)CC1. The average molecular weight is 370 g/mol. The van der Waals surface area contributed by atoms with Gasteiger partial charge in [0, 0.05) is 37.6 Å². The van der Waals surface area contributed by atoms with Crippen LogP contribution in [0, 0.1) is 11.7 Å². The van der Waals surface area contributed by atoms with Gasteiger partial charge >= 0.3 is 0 Å². The lowest BCUT2D eigenvalue weighted by molar-refractivity contribution is -0.133. The molecule has 1 aliphatic heterocycles. The Morgan fingerprint density at radius 1 is 1.22 bits per heavy atom. The van der Waals surface area contributed by atoms with Crippen molar-refractivity contribution in [1.82, 2.24) is 20.0 Å². The molecule has 4 rings (SSSR count). The fourth-order valence-electron chi connectivity index (χ4n) is 3.69. The van der Waals surface area contributed by atoms with Crippen LogP contribution in [-0.2, 0) is 10.3 Å². The van der Waals surface area contributed by atoms with Gasteiger partial charge in [0.05, 0.1) is 0 Å². The Balaban J connectivity index is 1.49. The van der Waals surface area contributed by atoms with Crippen LogP contribution in [0.3, 0.4) is 0 Å². The molecule has 2 aromatic rings. The summed E-state index contributed by atoms with van der Waals surface area (Å²) in [6.07, 6.45) is 6.77. The Bertz CT molecular complexity index is 824. The van der Waals surface area contributed by atoms with E-state index in [1.807, 2.05) is 0 Å². The number of likely N-dealkylation sites (tertiary alicyclic amines) is 1. The second-order valence-corrected chi connectivity index (χ2v) is 7.44. The van der Waals surface area contributed by atoms with Crippen molar-refractivity contribution in [3.05, 3.63) is 54.1 Å². The van der Waals surface area contributed by atoms with E-state index >= 15 is 0 Å². The molecule has 1 aromatic heterocycles. The second-order valence-electron chi connectivity index (χ2n) is 7.44. The molecular weight excluding hydrogens is 347 g/mol. The van der Waals surface area contributed by atoms with Gasteiger partial charge in [-0.2, -0.15) is 5.10 Å². The predicted octanol–water partition coefficient (Wildman–Crippen LogP) is 2.18. The highest BCUT2D eigenvalue weighted by atomic mass is 19.1. The van der Waals surface area contributed by atoms with Crippen molar-refractivity contribution < 1.29 is 14.0 Å². The number of halogens is 1. The molecule has 142 valence electrons. The summed E-state index contributed by atoms with van der Waals surface area (Å²) in [4.78, 5) is 27.4. The molecule has 1 aliphatic carbocycles. The van der Waals surface area contributed by atoms with E-state index in [1.54, 1.807) is 34.1 Å². The monoisotopic (exact) mass is 370 g/mol. The number of carbonyl (C=O) groups excluding carboxylic acids is 2. The van der Waals surface area contributed by atoms with E-state index in [0.717, 1.165) is 0 Å². The van der Waals surface area contributed by atoms with Crippen molar-refractivity contribution in [2.75, 3.05) is 19.6 Å². The van der Waals surface area contributed by atoms with Gasteiger partial charge in [-0.15, -0.1) is 0 Å². The molecule has 6 nitrogen and oxygen atoms in total. The lowest BCUT2D eigenvalue weighted by Gasteiger charge is -2.40. The number of nitrogens with one attached hydrogen (secondary N) is 1. The molecule has 1 aromatic carbocycles. The van der Waals surface area contributed by atoms with Gasteiger partial charge in [0.2, 0.25) is 5.91 Å². The van der Waals surface area contributed by atoms with E-state index in [2.05, 4.69) is 10.4 Å². The Morgan fingerprint density at radius 2 is 2.00 bits per heavy atom. The molecule has 0 bridgehead atoms. The molecule has 2 amide bonds. The van der Waals surface area contributed by atoms with Crippen molar-refractivity contribution in [2.24, 2.45) is 5.92 Å². The molecular formula is C20H23FN4O2. The van der Waals surface area contributed by atoms with E-state index in [-0.39, 0.29) is 11.8 Å². The van der Waals surface area contributed by atoms with Crippen molar-refractivity contribution in [3.63, 3.8) is 0 Å². The van der Waals surface area contributed by atoms with Gasteiger partial charge in [0.1, 0.15) is 11.4 Å². The van der Waals surface area contributed by atoms with Gasteiger partial charge in [-0.05, 0) is 55.9 Å². The first-order chi connectivity index (χ1) is 13.1. The van der Waals surface area contributed by atoms with Gasteiger partial charge < -0.3 is 10.2 Å². The second kappa shape index (κ2) is 7.13. The molecule has 7 heteroatoms. The Morgan fingerprint density at radius 3 is 2.63 bits per heavy atom. The molecule has 1 N–H and O–H groups in total. The third-order valence-corrected chi connectivity index (χ3v) is 5.56. The zero-order chi connectivity index (χ0) is 18.9. The molecule has 1 saturated carbocycles. The fourth-order valence-corrected chi connectivity index (χ4v) is 3.69. The standard InChI is InChI=1S/C20H23FN4O2/c21-17-4-1-3-16(13-17)18(26)24-11-7-20(8-12-24,25-10-2-9-23-25)19(27)22-14-15-5-6-15/h1-4,9-10,13,15H,5-8,11-12,14H2,(H,22,27). The number of hydrogen-bond acceptors (Lipinski definition) is 3. The lowest BCUT2D eigenvalue weighted by Crippen LogP contribution is -2.56. The Labute approximate surface area is 157 Å². The number of amides is 2. The molecule has 2 heterocycles. The number of aromatic nitrogens is 2. The van der Waals surface area contributed by atoms with Gasteiger partial charge in [-0.25, -0.2) is 4.39 Å². The first kappa shape index (κ1) is 17.7. The maximum Gasteiger partial charge on any atom is 0.253 e. The number of benzene rings is 1. The third kappa shape index (κ3) is 3.59. The number of carbonyl (C=O) groups is 2. The van der Waals surface area contributed by atoms with Gasteiger partial charge in [-0.1, -0.05) is 6.07 Å². The Hall–Kier alpha value is -2.70. The van der Waals surface area contributed by atoms with Crippen LogP contribution in [0.4, 0.5) is 4.39 Å². The van der Waals surface area contributed by atoms with Crippen molar-refractivity contribution >= 4 is 11.8 Å². The van der Waals surface area contributed by atoms with Crippen LogP contribution in [0.2, 0.25) is 0 Å². The summed E-state index contributed by atoms with van der Waals surface area (Å²) in [7, 11) is 0. The molecule has 2 fully saturated rings. The fraction of sp³-hybridized carbons (Fsp3) is 0.450. The van der Waals surface area contributed by atoms with Crippen LogP contribution in [0.25, 0.3) is 0 Å². The van der Waals surface area contributed by atoms with Crippen molar-refractivity contribution in [3.8, 4) is 0 Å². The molecule has 0 atom stereocenters. The van der Waals surface area contributed by atoms with E-state index in [4.69, 9.17) is 0 Å². The smallest absolute Gasteiger partial charge is 0.253 e. The number of rotatable bonds is 5. The summed E-state index contributed by atoms with van der Waals surface area (Å²) < 4.78 is 15.2. The summed E-state index contributed by atoms with van der Waals surface area (Å²) in [6, 6.07) is 7.52. The van der Waals surface area contributed by atoms with E-state index in [0.29, 0.717) is 44.0 Å². The number of piperidine rings is 1. The minimum atomic E-state index is -0.781. The highest BCUT2D eigenvalue weighted by Crippen LogP contribution is 2.32. The summed E-state index contributed by atoms with van der Waals surface area (Å²) >= 11 is 0. The summed E-state index contributed by atoms with van der Waals surface area (Å²) in [5.74, 6) is -0.0700. The van der Waals surface area contributed by atoms with E-state index in [1.165, 1.54) is 31.0 Å². The topological polar surface area (TPSA) is 67.2 Å². The molecule has 0 unspecified atom stereocenters. The van der Waals surface area contributed by atoms with Gasteiger partial charge in [0.25, 0.3) is 5.91 Å². The molecule has 0 spiro atoms. The Kier molecular flexibility index (Phi) is 4.68. The highest BCUT2D eigenvalue weighted by Gasteiger charge is 2.44. The van der Waals surface area contributed by atoms with Crippen LogP contribution in [0.5, 0.6) is 0 Å². The molecule has 0 radical (unpaired) electrons. The lowest BCUT2D eigenvalue weighted by atomic mass is 9.86. The minimum Gasteiger partial charge on any atom is -0.354 e. The van der Waals surface area contributed by atoms with Crippen LogP contribution in [-0.4, -0.2) is 46.1 Å². The molecule has 27 heavy (non-hydrogen) atoms. The largest absolute Gasteiger partial charge is 0.354 e. The highest BCUT2D eigenvalue weighted by molar-refractivity contribution is 5.94. The quantitative estimate of drug-likeness (QED) is 0.877. The first-order valence-electron chi connectivity index (χ1n) is 9.42. The molecule has 2 aliphatic rings. The first-order valence-corrected chi connectivity index (χ1v) is 9.42. The van der Waals surface area contributed by atoms with Gasteiger partial charge in [-0.3, -0.25) is 14.3 Å². The maximum absolute atomic E-state index is 13.4. The van der Waals surface area contributed by atoms with E-state index < -0.39 is 11.4 Å². The van der Waals surface area contributed by atoms with Crippen LogP contribution < -0.4 is 5.32 Å². The average Bonchev–Trinajstić information content (AvgIpc) is 3.36. The van der Waals surface area contributed by atoms with Crippen molar-refractivity contribution in [2.45, 2.75) is 31.2 Å². The third-order valence-electron chi connectivity index (χ3n) is 5.56. The maximum atomic E-state index is 13.4. The van der Waals surface area contributed by atoms with Crippen molar-refractivity contribution in [1.29, 1.82) is 0 Å². The normalized spacial score (nSPS) is 18.9. The molecule has 1 saturated heterocycles. The summed E-state index contributed by atoms with van der Waals surface area (Å²) in [5.41, 5.74) is -0.448.